The lowest BCUT2D eigenvalue weighted by Gasteiger charge is -2.41. The lowest BCUT2D eigenvalue weighted by Crippen LogP contribution is -2.59. The van der Waals surface area contributed by atoms with Crippen LogP contribution in [0.25, 0.3) is 88.1 Å². The summed E-state index contributed by atoms with van der Waals surface area (Å²) < 4.78 is 65.6. The number of nitrogens with zero attached hydrogens (tertiary/aromatic N) is 3. The van der Waals surface area contributed by atoms with Crippen LogP contribution in [-0.2, 0) is 0 Å². The molecular weight excluding hydrogens is 878 g/mol. The summed E-state index contributed by atoms with van der Waals surface area (Å²) in [5.74, 6) is 0.392. The van der Waals surface area contributed by atoms with Gasteiger partial charge in [0, 0.05) is 62.5 Å². The Morgan fingerprint density at radius 3 is 1.74 bits per heavy atom. The van der Waals surface area contributed by atoms with Gasteiger partial charge < -0.3 is 23.2 Å². The van der Waals surface area contributed by atoms with Crippen LogP contribution in [0.15, 0.2) is 217 Å². The Morgan fingerprint density at radius 2 is 1.04 bits per heavy atom. The van der Waals surface area contributed by atoms with Crippen LogP contribution in [0.5, 0.6) is 11.5 Å². The van der Waals surface area contributed by atoms with Crippen LogP contribution in [0.4, 0.5) is 17.1 Å². The van der Waals surface area contributed by atoms with Crippen molar-refractivity contribution in [3.05, 3.63) is 218 Å². The fourth-order valence-corrected chi connectivity index (χ4v) is 12.5. The molecule has 5 nitrogen and oxygen atoms in total. The molecule has 1 fully saturated rings. The lowest BCUT2D eigenvalue weighted by molar-refractivity contribution is 0.440. The quantitative estimate of drug-likeness (QED) is 0.161. The van der Waals surface area contributed by atoms with Gasteiger partial charge in [0.25, 0.3) is 6.71 Å². The molecule has 72 heavy (non-hydrogen) atoms. The first-order valence-corrected chi connectivity index (χ1v) is 24.8. The van der Waals surface area contributed by atoms with Gasteiger partial charge in [-0.25, -0.2) is 0 Å². The average molecular weight is 929 g/mol. The monoisotopic (exact) mass is 928 g/mol. The van der Waals surface area contributed by atoms with E-state index in [9.17, 15) is 2.74 Å². The summed E-state index contributed by atoms with van der Waals surface area (Å²) in [6.07, 6.45) is -5.78. The maximum Gasteiger partial charge on any atom is 0.261 e. The fraction of sp³-hybridized carbons (Fsp3) is 0.0909. The number of fused-ring (bicyclic) bond motifs is 14. The van der Waals surface area contributed by atoms with E-state index in [0.717, 1.165) is 122 Å². The minimum atomic E-state index is -1.18. The van der Waals surface area contributed by atoms with Gasteiger partial charge in [0.15, 0.2) is 0 Å². The number of anilines is 3. The molecule has 16 rings (SSSR count). The van der Waals surface area contributed by atoms with Gasteiger partial charge in [-0.15, -0.1) is 0 Å². The second-order valence-electron chi connectivity index (χ2n) is 19.3. The van der Waals surface area contributed by atoms with Crippen molar-refractivity contribution in [2.24, 2.45) is 0 Å². The number of hydrogen-bond donors (Lipinski definition) is 0. The van der Waals surface area contributed by atoms with Gasteiger partial charge in [-0.1, -0.05) is 165 Å². The van der Waals surface area contributed by atoms with Crippen molar-refractivity contribution in [3.63, 3.8) is 0 Å². The van der Waals surface area contributed by atoms with E-state index in [0.29, 0.717) is 17.1 Å². The molecule has 0 bridgehead atoms. The third kappa shape index (κ3) is 5.66. The number of ether oxygens (including phenoxy) is 1. The first-order valence-electron chi connectivity index (χ1n) is 27.7. The Hall–Kier alpha value is -8.74. The zero-order valence-corrected chi connectivity index (χ0v) is 38.9. The second-order valence-corrected chi connectivity index (χ2v) is 19.3. The standard InChI is InChI=1S/C66H46BN3O2/c1-3-19-41(20-4-1)43-37-58-64-62(38-43)71-61-39-44(68-53-30-14-8-24-46(53)47-25-9-15-31-54(47)68)35-36-51(61)67(64)65-59(70(58)52-29-13-7-23-45(52)42-21-5-2-6-22-42)40-57(63-50-28-12-18-34-60(50)72-66(63)65)69-55-32-16-10-26-48(55)49-27-11-17-33-56(49)69/h2,5-18,21-41H,1,3-4,19-20H2/i1D,3D,4D,19D,20D. The Balaban J connectivity index is 1.06. The van der Waals surface area contributed by atoms with Gasteiger partial charge >= 0.3 is 0 Å². The Bertz CT molecular complexity index is 4490. The van der Waals surface area contributed by atoms with E-state index in [1.165, 1.54) is 0 Å². The molecule has 0 saturated heterocycles. The van der Waals surface area contributed by atoms with E-state index in [-0.39, 0.29) is 0 Å². The topological polar surface area (TPSA) is 35.5 Å². The van der Waals surface area contributed by atoms with Gasteiger partial charge in [0.1, 0.15) is 22.7 Å². The summed E-state index contributed by atoms with van der Waals surface area (Å²) in [4.78, 5) is 2.34. The molecule has 1 saturated carbocycles. The SMILES string of the molecule is [2H]C1C([2H])C([2H])C(c2cc3c4c(c2)N(c2ccccc2-c2ccccc2)c2cc(-n5c6ccccc6c6ccccc65)c5c(oc6ccccc65)c2B4c2ccc(-n4c5ccccc5c5ccccc54)cc2O3)C([2H])C1[2H]. The molecule has 4 atom stereocenters. The number of furan rings is 1. The van der Waals surface area contributed by atoms with Gasteiger partial charge in [-0.05, 0) is 107 Å². The average Bonchev–Trinajstić information content (AvgIpc) is 4.30. The molecule has 3 aliphatic rings. The van der Waals surface area contributed by atoms with Crippen molar-refractivity contribution in [3.8, 4) is 34.0 Å². The minimum Gasteiger partial charge on any atom is -0.458 e. The smallest absolute Gasteiger partial charge is 0.261 e. The number of benzene rings is 10. The molecule has 1 aliphatic carbocycles. The molecule has 0 N–H and O–H groups in total. The molecule has 5 heterocycles. The summed E-state index contributed by atoms with van der Waals surface area (Å²) >= 11 is 0. The highest BCUT2D eigenvalue weighted by atomic mass is 16.5. The number of hydrogen-bond acceptors (Lipinski definition) is 3. The van der Waals surface area contributed by atoms with E-state index in [2.05, 4.69) is 208 Å². The number of aromatic nitrogens is 2. The van der Waals surface area contributed by atoms with Crippen LogP contribution in [0, 0.1) is 0 Å². The first kappa shape index (κ1) is 35.4. The van der Waals surface area contributed by atoms with Crippen LogP contribution < -0.4 is 26.0 Å². The van der Waals surface area contributed by atoms with E-state index < -0.39 is 44.6 Å². The maximum absolute atomic E-state index is 9.58. The molecule has 13 aromatic rings. The van der Waals surface area contributed by atoms with E-state index >= 15 is 0 Å². The summed E-state index contributed by atoms with van der Waals surface area (Å²) in [5, 5.41) is 6.58. The van der Waals surface area contributed by atoms with E-state index in [4.69, 9.17) is 13.3 Å². The summed E-state index contributed by atoms with van der Waals surface area (Å²) in [5.41, 5.74) is 15.8. The van der Waals surface area contributed by atoms with Crippen LogP contribution >= 0.6 is 0 Å². The molecule has 0 radical (unpaired) electrons. The Kier molecular flexibility index (Phi) is 7.56. The maximum atomic E-state index is 9.58. The summed E-state index contributed by atoms with van der Waals surface area (Å²) in [6, 6.07) is 74.4. The van der Waals surface area contributed by atoms with Crippen LogP contribution in [0.3, 0.4) is 0 Å². The second kappa shape index (κ2) is 15.4. The van der Waals surface area contributed by atoms with Crippen LogP contribution in [0.1, 0.15) is 50.3 Å². The molecule has 0 spiro atoms. The Labute approximate surface area is 423 Å². The van der Waals surface area contributed by atoms with Gasteiger partial charge in [-0.3, -0.25) is 0 Å². The van der Waals surface area contributed by atoms with Crippen LogP contribution in [-0.4, -0.2) is 15.8 Å². The van der Waals surface area contributed by atoms with Crippen LogP contribution in [0.2, 0.25) is 0 Å². The molecule has 6 heteroatoms. The van der Waals surface area contributed by atoms with Gasteiger partial charge in [0.05, 0.1) is 38.8 Å². The molecular formula is C66H46BN3O2. The van der Waals surface area contributed by atoms with E-state index in [1.807, 2.05) is 18.2 Å². The third-order valence-electron chi connectivity index (χ3n) is 15.5. The number of para-hydroxylation sites is 6. The van der Waals surface area contributed by atoms with Crippen molar-refractivity contribution in [2.75, 3.05) is 4.90 Å². The zero-order valence-electron chi connectivity index (χ0n) is 43.9. The van der Waals surface area contributed by atoms with Crippen molar-refractivity contribution in [2.45, 2.75) is 37.9 Å². The van der Waals surface area contributed by atoms with Crippen molar-refractivity contribution in [1.29, 1.82) is 0 Å². The molecule has 10 aromatic carbocycles. The zero-order chi connectivity index (χ0) is 51.4. The molecule has 0 amide bonds. The highest BCUT2D eigenvalue weighted by Gasteiger charge is 2.46. The molecule has 3 aromatic heterocycles. The normalized spacial score (nSPS) is 21.2. The molecule has 4 unspecified atom stereocenters. The van der Waals surface area contributed by atoms with Crippen molar-refractivity contribution >= 4 is 106 Å². The fourth-order valence-electron chi connectivity index (χ4n) is 12.5. The highest BCUT2D eigenvalue weighted by molar-refractivity contribution is 7.00. The van der Waals surface area contributed by atoms with Gasteiger partial charge in [-0.2, -0.15) is 0 Å². The lowest BCUT2D eigenvalue weighted by atomic mass is 9.34. The third-order valence-corrected chi connectivity index (χ3v) is 15.5. The Morgan fingerprint density at radius 1 is 0.458 bits per heavy atom. The molecule has 340 valence electrons. The number of rotatable bonds is 5. The predicted molar refractivity (Wildman–Crippen MR) is 300 cm³/mol. The summed E-state index contributed by atoms with van der Waals surface area (Å²) in [7, 11) is 0. The predicted octanol–water partition coefficient (Wildman–Crippen LogP) is 15.9. The minimum absolute atomic E-state index is 0.439. The summed E-state index contributed by atoms with van der Waals surface area (Å²) in [6.45, 7) is -0.439. The van der Waals surface area contributed by atoms with Crippen molar-refractivity contribution in [1.82, 2.24) is 9.13 Å². The van der Waals surface area contributed by atoms with E-state index in [1.54, 1.807) is 0 Å². The molecule has 2 aliphatic heterocycles. The highest BCUT2D eigenvalue weighted by Crippen LogP contribution is 2.50. The van der Waals surface area contributed by atoms with Gasteiger partial charge in [0.2, 0.25) is 0 Å². The van der Waals surface area contributed by atoms with Crippen molar-refractivity contribution < 1.29 is 16.0 Å². The largest absolute Gasteiger partial charge is 0.458 e. The first-order chi connectivity index (χ1) is 37.8.